The largest absolute Gasteiger partial charge is 0.573 e. The molecule has 1 aromatic carbocycles. The van der Waals surface area contributed by atoms with Gasteiger partial charge in [0.25, 0.3) is 0 Å². The monoisotopic (exact) mass is 494 g/mol. The Morgan fingerprint density at radius 1 is 1.12 bits per heavy atom. The van der Waals surface area contributed by atoms with E-state index >= 15 is 0 Å². The standard InChI is InChI=1S/C22H21F3N4O2S2/c1-11-9-17(14(4)32-11)18-10-30-29-20(26-18)19-12(2)13(3)27-28-21(19)33-16-7-5-15(6-8-16)31-22(23,24)25/h5-9,18H,10H2,1-4H3,(H,26,29)/t18-/m0/s1. The van der Waals surface area contributed by atoms with Crippen LogP contribution in [0.3, 0.4) is 0 Å². The van der Waals surface area contributed by atoms with Gasteiger partial charge in [0.05, 0.1) is 11.3 Å². The van der Waals surface area contributed by atoms with E-state index in [2.05, 4.69) is 40.3 Å². The summed E-state index contributed by atoms with van der Waals surface area (Å²) in [6.07, 6.45) is -4.73. The number of hydrogen-bond donors (Lipinski definition) is 1. The zero-order valence-electron chi connectivity index (χ0n) is 18.3. The summed E-state index contributed by atoms with van der Waals surface area (Å²) >= 11 is 3.00. The molecule has 3 aromatic rings. The van der Waals surface area contributed by atoms with Gasteiger partial charge in [-0.05, 0) is 69.2 Å². The van der Waals surface area contributed by atoms with Crippen LogP contribution in [0.15, 0.2) is 45.2 Å². The van der Waals surface area contributed by atoms with Crippen molar-refractivity contribution in [2.75, 3.05) is 6.61 Å². The molecule has 174 valence electrons. The van der Waals surface area contributed by atoms with Crippen LogP contribution in [0.2, 0.25) is 0 Å². The maximum absolute atomic E-state index is 12.4. The molecule has 1 aliphatic heterocycles. The fourth-order valence-electron chi connectivity index (χ4n) is 3.42. The summed E-state index contributed by atoms with van der Waals surface area (Å²) in [6.45, 7) is 8.32. The van der Waals surface area contributed by atoms with E-state index in [1.807, 2.05) is 13.8 Å². The van der Waals surface area contributed by atoms with E-state index in [-0.39, 0.29) is 11.8 Å². The molecular weight excluding hydrogens is 473 g/mol. The first-order chi connectivity index (χ1) is 15.6. The van der Waals surface area contributed by atoms with E-state index in [4.69, 9.17) is 9.83 Å². The van der Waals surface area contributed by atoms with Gasteiger partial charge in [-0.25, -0.2) is 5.48 Å². The second kappa shape index (κ2) is 9.32. The van der Waals surface area contributed by atoms with E-state index in [9.17, 15) is 13.2 Å². The molecule has 0 saturated heterocycles. The molecule has 2 aromatic heterocycles. The Balaban J connectivity index is 1.67. The lowest BCUT2D eigenvalue weighted by Gasteiger charge is -2.24. The van der Waals surface area contributed by atoms with Crippen LogP contribution in [0.5, 0.6) is 5.75 Å². The Morgan fingerprint density at radius 2 is 1.85 bits per heavy atom. The summed E-state index contributed by atoms with van der Waals surface area (Å²) in [5, 5.41) is 9.13. The van der Waals surface area contributed by atoms with Gasteiger partial charge in [0, 0.05) is 14.6 Å². The summed E-state index contributed by atoms with van der Waals surface area (Å²) in [5.74, 6) is 0.263. The number of nitrogens with zero attached hydrogens (tertiary/aromatic N) is 3. The first-order valence-corrected chi connectivity index (χ1v) is 11.6. The predicted molar refractivity (Wildman–Crippen MR) is 121 cm³/mol. The van der Waals surface area contributed by atoms with E-state index < -0.39 is 6.36 Å². The zero-order valence-corrected chi connectivity index (χ0v) is 19.9. The smallest absolute Gasteiger partial charge is 0.406 e. The van der Waals surface area contributed by atoms with Crippen LogP contribution in [0.4, 0.5) is 13.2 Å². The van der Waals surface area contributed by atoms with Gasteiger partial charge in [0.15, 0.2) is 5.84 Å². The fourth-order valence-corrected chi connectivity index (χ4v) is 5.33. The number of hydroxylamine groups is 1. The average Bonchev–Trinajstić information content (AvgIpc) is 3.09. The van der Waals surface area contributed by atoms with Crippen LogP contribution >= 0.6 is 23.1 Å². The molecule has 11 heteroatoms. The molecule has 0 unspecified atom stereocenters. The van der Waals surface area contributed by atoms with Gasteiger partial charge in [-0.15, -0.1) is 29.6 Å². The molecule has 1 atom stereocenters. The van der Waals surface area contributed by atoms with Crippen molar-refractivity contribution >= 4 is 28.9 Å². The number of amidine groups is 1. The molecule has 1 aliphatic rings. The molecule has 33 heavy (non-hydrogen) atoms. The van der Waals surface area contributed by atoms with Crippen molar-refractivity contribution in [1.29, 1.82) is 0 Å². The van der Waals surface area contributed by atoms with E-state index in [1.165, 1.54) is 33.6 Å². The molecule has 4 rings (SSSR count). The summed E-state index contributed by atoms with van der Waals surface area (Å²) in [7, 11) is 0. The van der Waals surface area contributed by atoms with Crippen LogP contribution in [0, 0.1) is 27.7 Å². The molecule has 0 aliphatic carbocycles. The van der Waals surface area contributed by atoms with Gasteiger partial charge in [0.1, 0.15) is 23.4 Å². The summed E-state index contributed by atoms with van der Waals surface area (Å²) in [4.78, 5) is 13.7. The summed E-state index contributed by atoms with van der Waals surface area (Å²) < 4.78 is 41.2. The number of ether oxygens (including phenoxy) is 1. The lowest BCUT2D eigenvalue weighted by Crippen LogP contribution is -2.34. The number of hydrogen-bond acceptors (Lipinski definition) is 8. The van der Waals surface area contributed by atoms with E-state index in [1.54, 1.807) is 23.5 Å². The van der Waals surface area contributed by atoms with E-state index in [0.29, 0.717) is 22.4 Å². The highest BCUT2D eigenvalue weighted by Crippen LogP contribution is 2.35. The molecule has 0 spiro atoms. The molecule has 0 radical (unpaired) electrons. The second-order valence-electron chi connectivity index (χ2n) is 7.49. The zero-order chi connectivity index (χ0) is 23.8. The molecule has 0 fully saturated rings. The predicted octanol–water partition coefficient (Wildman–Crippen LogP) is 5.84. The molecule has 0 amide bonds. The van der Waals surface area contributed by atoms with Gasteiger partial charge in [0.2, 0.25) is 0 Å². The maximum atomic E-state index is 12.4. The number of aliphatic imine (C=N–C) groups is 1. The van der Waals surface area contributed by atoms with Crippen LogP contribution in [-0.4, -0.2) is 29.0 Å². The Kier molecular flexibility index (Phi) is 6.64. The van der Waals surface area contributed by atoms with Gasteiger partial charge in [-0.3, -0.25) is 9.83 Å². The van der Waals surface area contributed by atoms with Crippen LogP contribution in [-0.2, 0) is 4.84 Å². The number of benzene rings is 1. The first-order valence-electron chi connectivity index (χ1n) is 10.0. The third kappa shape index (κ3) is 5.48. The highest BCUT2D eigenvalue weighted by molar-refractivity contribution is 7.99. The fraction of sp³-hybridized carbons (Fsp3) is 0.318. The lowest BCUT2D eigenvalue weighted by molar-refractivity contribution is -0.274. The van der Waals surface area contributed by atoms with Crippen molar-refractivity contribution in [3.05, 3.63) is 62.5 Å². The SMILES string of the molecule is Cc1cc([C@@H]2CONC(c3c(Sc4ccc(OC(F)(F)F)cc4)nnc(C)c3C)=N2)c(C)s1. The molecule has 1 N–H and O–H groups in total. The van der Waals surface area contributed by atoms with Gasteiger partial charge < -0.3 is 4.74 Å². The lowest BCUT2D eigenvalue weighted by atomic mass is 10.1. The number of thiophene rings is 1. The molecular formula is C22H21F3N4O2S2. The molecule has 3 heterocycles. The first kappa shape index (κ1) is 23.5. The minimum atomic E-state index is -4.73. The topological polar surface area (TPSA) is 68.6 Å². The van der Waals surface area contributed by atoms with Crippen LogP contribution in [0.25, 0.3) is 0 Å². The Morgan fingerprint density at radius 3 is 2.48 bits per heavy atom. The Labute approximate surface area is 197 Å². The van der Waals surface area contributed by atoms with Gasteiger partial charge in [-0.2, -0.15) is 5.10 Å². The summed E-state index contributed by atoms with van der Waals surface area (Å²) in [5.41, 5.74) is 6.43. The minimum Gasteiger partial charge on any atom is -0.406 e. The van der Waals surface area contributed by atoms with Crippen molar-refractivity contribution in [2.45, 2.75) is 50.0 Å². The quantitative estimate of drug-likeness (QED) is 0.480. The van der Waals surface area contributed by atoms with Crippen molar-refractivity contribution in [2.24, 2.45) is 4.99 Å². The molecule has 0 bridgehead atoms. The van der Waals surface area contributed by atoms with Gasteiger partial charge in [-0.1, -0.05) is 11.8 Å². The second-order valence-corrected chi connectivity index (χ2v) is 10.0. The molecule has 6 nitrogen and oxygen atoms in total. The third-order valence-corrected chi connectivity index (χ3v) is 7.03. The number of halogens is 3. The average molecular weight is 495 g/mol. The van der Waals surface area contributed by atoms with E-state index in [0.717, 1.165) is 22.4 Å². The number of nitrogens with one attached hydrogen (secondary N) is 1. The number of aryl methyl sites for hydroxylation is 3. The maximum Gasteiger partial charge on any atom is 0.573 e. The normalized spacial score (nSPS) is 16.3. The van der Waals surface area contributed by atoms with Crippen molar-refractivity contribution < 1.29 is 22.7 Å². The van der Waals surface area contributed by atoms with Crippen molar-refractivity contribution in [1.82, 2.24) is 15.7 Å². The van der Waals surface area contributed by atoms with Gasteiger partial charge >= 0.3 is 6.36 Å². The third-order valence-electron chi connectivity index (χ3n) is 5.06. The van der Waals surface area contributed by atoms with Crippen molar-refractivity contribution in [3.63, 3.8) is 0 Å². The molecule has 0 saturated carbocycles. The van der Waals surface area contributed by atoms with Crippen LogP contribution in [0.1, 0.15) is 38.2 Å². The summed E-state index contributed by atoms with van der Waals surface area (Å²) in [6, 6.07) is 7.58. The number of rotatable bonds is 5. The Hall–Kier alpha value is -2.63. The number of alkyl halides is 3. The number of aromatic nitrogens is 2. The highest BCUT2D eigenvalue weighted by Gasteiger charge is 2.31. The highest BCUT2D eigenvalue weighted by atomic mass is 32.2. The van der Waals surface area contributed by atoms with Crippen LogP contribution < -0.4 is 10.2 Å². The van der Waals surface area contributed by atoms with Crippen molar-refractivity contribution in [3.8, 4) is 5.75 Å². The Bertz CT molecular complexity index is 1190. The minimum absolute atomic E-state index is 0.157.